The number of nitrogens with zero attached hydrogens (tertiary/aromatic N) is 1. The van der Waals surface area contributed by atoms with Crippen LogP contribution in [0.3, 0.4) is 0 Å². The Labute approximate surface area is 126 Å². The van der Waals surface area contributed by atoms with Crippen LogP contribution in [0.5, 0.6) is 0 Å². The lowest BCUT2D eigenvalue weighted by Crippen LogP contribution is -2.52. The van der Waals surface area contributed by atoms with E-state index in [9.17, 15) is 9.59 Å². The van der Waals surface area contributed by atoms with Crippen molar-refractivity contribution in [3.05, 3.63) is 0 Å². The maximum atomic E-state index is 12.4. The maximum Gasteiger partial charge on any atom is 0.225 e. The van der Waals surface area contributed by atoms with Crippen molar-refractivity contribution < 1.29 is 14.7 Å². The molecular formula is C15H27N3O3. The third-order valence-corrected chi connectivity index (χ3v) is 4.72. The van der Waals surface area contributed by atoms with Crippen LogP contribution in [0.25, 0.3) is 0 Å². The van der Waals surface area contributed by atoms with E-state index in [1.165, 1.54) is 0 Å². The molecule has 0 radical (unpaired) electrons. The molecule has 2 aliphatic rings. The minimum Gasteiger partial charge on any atom is -0.396 e. The Hall–Kier alpha value is -1.14. The normalized spacial score (nSPS) is 21.7. The summed E-state index contributed by atoms with van der Waals surface area (Å²) >= 11 is 0. The fraction of sp³-hybridized carbons (Fsp3) is 0.867. The van der Waals surface area contributed by atoms with Crippen LogP contribution in [0.15, 0.2) is 0 Å². The average molecular weight is 297 g/mol. The number of aliphatic hydroxyl groups excluding tert-OH is 1. The Kier molecular flexibility index (Phi) is 5.99. The van der Waals surface area contributed by atoms with E-state index in [1.807, 2.05) is 11.8 Å². The molecule has 2 heterocycles. The Morgan fingerprint density at radius 3 is 2.52 bits per heavy atom. The molecular weight excluding hydrogens is 270 g/mol. The molecule has 120 valence electrons. The first kappa shape index (κ1) is 16.2. The van der Waals surface area contributed by atoms with Gasteiger partial charge in [0.2, 0.25) is 11.8 Å². The van der Waals surface area contributed by atoms with Gasteiger partial charge in [0.25, 0.3) is 0 Å². The van der Waals surface area contributed by atoms with Crippen LogP contribution >= 0.6 is 0 Å². The lowest BCUT2D eigenvalue weighted by Gasteiger charge is -2.37. The van der Waals surface area contributed by atoms with Gasteiger partial charge in [-0.3, -0.25) is 9.59 Å². The maximum absolute atomic E-state index is 12.4. The minimum atomic E-state index is 0.00779. The summed E-state index contributed by atoms with van der Waals surface area (Å²) in [4.78, 5) is 26.2. The summed E-state index contributed by atoms with van der Waals surface area (Å²) in [6.45, 7) is 5.89. The van der Waals surface area contributed by atoms with Gasteiger partial charge in [0.15, 0.2) is 0 Å². The van der Waals surface area contributed by atoms with Crippen LogP contribution in [0.2, 0.25) is 0 Å². The van der Waals surface area contributed by atoms with E-state index in [4.69, 9.17) is 5.11 Å². The fourth-order valence-electron chi connectivity index (χ4n) is 2.95. The molecule has 2 fully saturated rings. The second-order valence-corrected chi connectivity index (χ2v) is 6.17. The number of carbonyl (C=O) groups is 2. The lowest BCUT2D eigenvalue weighted by atomic mass is 9.87. The zero-order valence-electron chi connectivity index (χ0n) is 12.8. The number of likely N-dealkylation sites (tertiary alicyclic amines) is 1. The average Bonchev–Trinajstić information content (AvgIpc) is 2.45. The number of hydrogen-bond acceptors (Lipinski definition) is 4. The van der Waals surface area contributed by atoms with Crippen molar-refractivity contribution in [2.45, 2.75) is 26.2 Å². The smallest absolute Gasteiger partial charge is 0.225 e. The molecule has 0 aromatic rings. The zero-order valence-corrected chi connectivity index (χ0v) is 12.8. The zero-order chi connectivity index (χ0) is 15.2. The number of nitrogens with one attached hydrogen (secondary N) is 2. The number of aliphatic hydroxyl groups is 1. The minimum absolute atomic E-state index is 0.00779. The van der Waals surface area contributed by atoms with E-state index in [2.05, 4.69) is 10.6 Å². The fourth-order valence-corrected chi connectivity index (χ4v) is 2.95. The highest BCUT2D eigenvalue weighted by Crippen LogP contribution is 2.23. The second-order valence-electron chi connectivity index (χ2n) is 6.17. The van der Waals surface area contributed by atoms with Crippen molar-refractivity contribution in [1.29, 1.82) is 0 Å². The van der Waals surface area contributed by atoms with E-state index in [-0.39, 0.29) is 30.3 Å². The largest absolute Gasteiger partial charge is 0.396 e. The number of piperidine rings is 1. The highest BCUT2D eigenvalue weighted by atomic mass is 16.3. The predicted molar refractivity (Wildman–Crippen MR) is 79.5 cm³/mol. The third-order valence-electron chi connectivity index (χ3n) is 4.72. The molecule has 3 N–H and O–H groups in total. The molecule has 6 heteroatoms. The van der Waals surface area contributed by atoms with Gasteiger partial charge < -0.3 is 20.6 Å². The highest BCUT2D eigenvalue weighted by molar-refractivity contribution is 5.81. The van der Waals surface area contributed by atoms with Crippen LogP contribution in [0.1, 0.15) is 26.2 Å². The van der Waals surface area contributed by atoms with Crippen LogP contribution in [-0.2, 0) is 9.59 Å². The first-order valence-corrected chi connectivity index (χ1v) is 8.01. The molecule has 0 bridgehead atoms. The molecule has 0 saturated carbocycles. The molecule has 0 aromatic heterocycles. The quantitative estimate of drug-likeness (QED) is 0.582. The standard InChI is InChI=1S/C15H27N3O3/c1-11(13-9-16-10-13)15(21)18-6-3-12(4-7-18)14(20)17-5-2-8-19/h11-13,16,19H,2-10H2,1H3,(H,17,20). The number of carbonyl (C=O) groups excluding carboxylic acids is 2. The van der Waals surface area contributed by atoms with E-state index >= 15 is 0 Å². The molecule has 0 aliphatic carbocycles. The highest BCUT2D eigenvalue weighted by Gasteiger charge is 2.34. The van der Waals surface area contributed by atoms with E-state index in [0.29, 0.717) is 32.0 Å². The van der Waals surface area contributed by atoms with Crippen molar-refractivity contribution in [2.75, 3.05) is 39.3 Å². The van der Waals surface area contributed by atoms with Gasteiger partial charge in [-0.25, -0.2) is 0 Å². The summed E-state index contributed by atoms with van der Waals surface area (Å²) in [5.41, 5.74) is 0. The van der Waals surface area contributed by atoms with Gasteiger partial charge in [0.05, 0.1) is 0 Å². The summed E-state index contributed by atoms with van der Waals surface area (Å²) in [6.07, 6.45) is 2.08. The van der Waals surface area contributed by atoms with E-state index in [1.54, 1.807) is 0 Å². The molecule has 2 aliphatic heterocycles. The lowest BCUT2D eigenvalue weighted by molar-refractivity contribution is -0.140. The number of hydrogen-bond donors (Lipinski definition) is 3. The van der Waals surface area contributed by atoms with Crippen LogP contribution in [-0.4, -0.2) is 61.2 Å². The van der Waals surface area contributed by atoms with Gasteiger partial charge in [0.1, 0.15) is 0 Å². The number of rotatable bonds is 6. The van der Waals surface area contributed by atoms with Gasteiger partial charge in [-0.15, -0.1) is 0 Å². The van der Waals surface area contributed by atoms with Crippen LogP contribution in [0.4, 0.5) is 0 Å². The summed E-state index contributed by atoms with van der Waals surface area (Å²) in [5, 5.41) is 14.8. The van der Waals surface area contributed by atoms with E-state index in [0.717, 1.165) is 25.9 Å². The number of amides is 2. The predicted octanol–water partition coefficient (Wildman–Crippen LogP) is -0.421. The molecule has 21 heavy (non-hydrogen) atoms. The van der Waals surface area contributed by atoms with Crippen molar-refractivity contribution in [3.8, 4) is 0 Å². The summed E-state index contributed by atoms with van der Waals surface area (Å²) < 4.78 is 0. The Bertz CT molecular complexity index is 363. The molecule has 2 amide bonds. The Balaban J connectivity index is 1.72. The molecule has 1 unspecified atom stereocenters. The molecule has 6 nitrogen and oxygen atoms in total. The monoisotopic (exact) mass is 297 g/mol. The molecule has 0 aromatic carbocycles. The third kappa shape index (κ3) is 4.17. The molecule has 2 saturated heterocycles. The summed E-state index contributed by atoms with van der Waals surface area (Å²) in [5.74, 6) is 0.860. The van der Waals surface area contributed by atoms with Crippen LogP contribution in [0, 0.1) is 17.8 Å². The van der Waals surface area contributed by atoms with Crippen LogP contribution < -0.4 is 10.6 Å². The van der Waals surface area contributed by atoms with E-state index < -0.39 is 0 Å². The molecule has 2 rings (SSSR count). The first-order valence-electron chi connectivity index (χ1n) is 8.01. The summed E-state index contributed by atoms with van der Waals surface area (Å²) in [7, 11) is 0. The van der Waals surface area contributed by atoms with Gasteiger partial charge in [-0.1, -0.05) is 6.92 Å². The Morgan fingerprint density at radius 1 is 1.33 bits per heavy atom. The topological polar surface area (TPSA) is 81.7 Å². The van der Waals surface area contributed by atoms with Crippen molar-refractivity contribution in [3.63, 3.8) is 0 Å². The van der Waals surface area contributed by atoms with Crippen molar-refractivity contribution in [1.82, 2.24) is 15.5 Å². The molecule has 0 spiro atoms. The van der Waals surface area contributed by atoms with Gasteiger partial charge in [0, 0.05) is 38.1 Å². The SMILES string of the molecule is CC(C(=O)N1CCC(C(=O)NCCCO)CC1)C1CNC1. The van der Waals surface area contributed by atoms with Gasteiger partial charge >= 0.3 is 0 Å². The first-order chi connectivity index (χ1) is 10.1. The van der Waals surface area contributed by atoms with Gasteiger partial charge in [-0.2, -0.15) is 0 Å². The Morgan fingerprint density at radius 2 is 2.00 bits per heavy atom. The summed E-state index contributed by atoms with van der Waals surface area (Å²) in [6, 6.07) is 0. The van der Waals surface area contributed by atoms with Crippen molar-refractivity contribution >= 4 is 11.8 Å². The van der Waals surface area contributed by atoms with Gasteiger partial charge in [-0.05, 0) is 38.3 Å². The second kappa shape index (κ2) is 7.75. The molecule has 1 atom stereocenters. The van der Waals surface area contributed by atoms with Crippen molar-refractivity contribution in [2.24, 2.45) is 17.8 Å².